The second-order valence-corrected chi connectivity index (χ2v) is 5.65. The van der Waals surface area contributed by atoms with Gasteiger partial charge in [0.15, 0.2) is 0 Å². The predicted octanol–water partition coefficient (Wildman–Crippen LogP) is 2.84. The summed E-state index contributed by atoms with van der Waals surface area (Å²) in [4.78, 5) is 2.48. The molecule has 3 heteroatoms. The van der Waals surface area contributed by atoms with E-state index >= 15 is 0 Å². The van der Waals surface area contributed by atoms with Crippen LogP contribution in [0.25, 0.3) is 0 Å². The molecular weight excluding hydrogens is 216 g/mol. The Kier molecular flexibility index (Phi) is 9.47. The fourth-order valence-electron chi connectivity index (χ4n) is 1.85. The molecule has 0 amide bonds. The third kappa shape index (κ3) is 6.12. The van der Waals surface area contributed by atoms with Crippen molar-refractivity contribution in [1.82, 2.24) is 10.2 Å². The van der Waals surface area contributed by atoms with Crippen LogP contribution in [0, 0.1) is 0 Å². The number of hydrogen-bond acceptors (Lipinski definition) is 3. The molecule has 0 aliphatic heterocycles. The molecule has 0 saturated heterocycles. The van der Waals surface area contributed by atoms with E-state index in [1.165, 1.54) is 18.6 Å². The molecule has 2 atom stereocenters. The molecule has 0 aliphatic rings. The summed E-state index contributed by atoms with van der Waals surface area (Å²) in [5, 5.41) is 3.65. The maximum Gasteiger partial charge on any atom is 0.0192 e. The largest absolute Gasteiger partial charge is 0.312 e. The molecule has 0 aliphatic carbocycles. The predicted molar refractivity (Wildman–Crippen MR) is 77.4 cm³/mol. The van der Waals surface area contributed by atoms with Crippen LogP contribution in [0.4, 0.5) is 0 Å². The molecule has 0 heterocycles. The minimum atomic E-state index is 0.614. The fourth-order valence-corrected chi connectivity index (χ4v) is 2.57. The normalized spacial score (nSPS) is 15.8. The summed E-state index contributed by atoms with van der Waals surface area (Å²) in [6.45, 7) is 10.2. The van der Waals surface area contributed by atoms with E-state index in [2.05, 4.69) is 51.2 Å². The van der Waals surface area contributed by atoms with Crippen LogP contribution in [0.5, 0.6) is 0 Å². The van der Waals surface area contributed by atoms with Gasteiger partial charge in [-0.15, -0.1) is 0 Å². The molecule has 0 saturated carbocycles. The zero-order chi connectivity index (χ0) is 12.6. The summed E-state index contributed by atoms with van der Waals surface area (Å²) in [6, 6.07) is 1.96. The first-order valence-electron chi connectivity index (χ1n) is 6.50. The van der Waals surface area contributed by atoms with E-state index in [1.807, 2.05) is 11.8 Å². The highest BCUT2D eigenvalue weighted by molar-refractivity contribution is 7.98. The number of likely N-dealkylation sites (N-methyl/N-ethyl adjacent to an activating group) is 1. The van der Waals surface area contributed by atoms with Gasteiger partial charge in [0.05, 0.1) is 0 Å². The molecule has 16 heavy (non-hydrogen) atoms. The standard InChI is InChI=1S/C13H30N2S/c1-7-13(8-2)14-9-11(3)15(5)12(4)10-16-6/h11-14H,7-10H2,1-6H3. The first-order chi connectivity index (χ1) is 7.56. The molecule has 0 radical (unpaired) electrons. The zero-order valence-corrected chi connectivity index (χ0v) is 12.7. The van der Waals surface area contributed by atoms with Crippen LogP contribution < -0.4 is 5.32 Å². The van der Waals surface area contributed by atoms with E-state index in [4.69, 9.17) is 0 Å². The lowest BCUT2D eigenvalue weighted by atomic mass is 10.1. The van der Waals surface area contributed by atoms with Gasteiger partial charge in [0.2, 0.25) is 0 Å². The maximum absolute atomic E-state index is 3.65. The Morgan fingerprint density at radius 1 is 1.12 bits per heavy atom. The molecule has 2 unspecified atom stereocenters. The van der Waals surface area contributed by atoms with Crippen LogP contribution in [0.3, 0.4) is 0 Å². The summed E-state index contributed by atoms with van der Waals surface area (Å²) in [6.07, 6.45) is 4.64. The van der Waals surface area contributed by atoms with E-state index in [9.17, 15) is 0 Å². The fraction of sp³-hybridized carbons (Fsp3) is 1.00. The molecule has 98 valence electrons. The summed E-state index contributed by atoms with van der Waals surface area (Å²) in [5.41, 5.74) is 0. The summed E-state index contributed by atoms with van der Waals surface area (Å²) >= 11 is 1.93. The van der Waals surface area contributed by atoms with Gasteiger partial charge in [-0.2, -0.15) is 11.8 Å². The van der Waals surface area contributed by atoms with E-state index in [-0.39, 0.29) is 0 Å². The smallest absolute Gasteiger partial charge is 0.0192 e. The molecule has 0 rings (SSSR count). The van der Waals surface area contributed by atoms with E-state index < -0.39 is 0 Å². The number of thioether (sulfide) groups is 1. The SMILES string of the molecule is CCC(CC)NCC(C)N(C)C(C)CSC. The first kappa shape index (κ1) is 16.3. The molecule has 0 spiro atoms. The topological polar surface area (TPSA) is 15.3 Å². The van der Waals surface area contributed by atoms with Crippen molar-refractivity contribution in [3.8, 4) is 0 Å². The Balaban J connectivity index is 3.90. The number of hydrogen-bond donors (Lipinski definition) is 1. The molecular formula is C13H30N2S. The van der Waals surface area contributed by atoms with Gasteiger partial charge in [0.25, 0.3) is 0 Å². The monoisotopic (exact) mass is 246 g/mol. The van der Waals surface area contributed by atoms with Gasteiger partial charge in [-0.1, -0.05) is 13.8 Å². The third-order valence-electron chi connectivity index (χ3n) is 3.49. The van der Waals surface area contributed by atoms with Gasteiger partial charge in [-0.05, 0) is 40.0 Å². The van der Waals surface area contributed by atoms with E-state index in [0.29, 0.717) is 18.1 Å². The third-order valence-corrected chi connectivity index (χ3v) is 4.30. The highest BCUT2D eigenvalue weighted by atomic mass is 32.2. The highest BCUT2D eigenvalue weighted by Crippen LogP contribution is 2.07. The average molecular weight is 246 g/mol. The van der Waals surface area contributed by atoms with Crippen LogP contribution >= 0.6 is 11.8 Å². The Morgan fingerprint density at radius 3 is 2.12 bits per heavy atom. The van der Waals surface area contributed by atoms with Crippen molar-refractivity contribution in [2.45, 2.75) is 58.7 Å². The molecule has 0 aromatic carbocycles. The van der Waals surface area contributed by atoms with Crippen molar-refractivity contribution < 1.29 is 0 Å². The molecule has 1 N–H and O–H groups in total. The van der Waals surface area contributed by atoms with E-state index in [0.717, 1.165) is 6.54 Å². The van der Waals surface area contributed by atoms with Crippen molar-refractivity contribution in [2.24, 2.45) is 0 Å². The lowest BCUT2D eigenvalue weighted by Gasteiger charge is -2.31. The summed E-state index contributed by atoms with van der Waals surface area (Å²) < 4.78 is 0. The quantitative estimate of drug-likeness (QED) is 0.673. The van der Waals surface area contributed by atoms with Crippen molar-refractivity contribution in [1.29, 1.82) is 0 Å². The maximum atomic E-state index is 3.65. The summed E-state index contributed by atoms with van der Waals surface area (Å²) in [5.74, 6) is 1.21. The van der Waals surface area contributed by atoms with E-state index in [1.54, 1.807) is 0 Å². The van der Waals surface area contributed by atoms with Crippen LogP contribution in [-0.2, 0) is 0 Å². The Hall–Kier alpha value is 0.270. The lowest BCUT2D eigenvalue weighted by molar-refractivity contribution is 0.202. The Labute approximate surface area is 107 Å². The molecule has 2 nitrogen and oxygen atoms in total. The zero-order valence-electron chi connectivity index (χ0n) is 11.9. The van der Waals surface area contributed by atoms with Crippen molar-refractivity contribution in [3.63, 3.8) is 0 Å². The molecule has 0 aromatic heterocycles. The Morgan fingerprint density at radius 2 is 1.69 bits per heavy atom. The van der Waals surface area contributed by atoms with Crippen molar-refractivity contribution >= 4 is 11.8 Å². The van der Waals surface area contributed by atoms with Crippen LogP contribution in [0.2, 0.25) is 0 Å². The van der Waals surface area contributed by atoms with Crippen molar-refractivity contribution in [3.05, 3.63) is 0 Å². The van der Waals surface area contributed by atoms with Crippen LogP contribution in [0.15, 0.2) is 0 Å². The minimum absolute atomic E-state index is 0.614. The van der Waals surface area contributed by atoms with Gasteiger partial charge in [-0.25, -0.2) is 0 Å². The van der Waals surface area contributed by atoms with Gasteiger partial charge >= 0.3 is 0 Å². The van der Waals surface area contributed by atoms with Crippen LogP contribution in [0.1, 0.15) is 40.5 Å². The van der Waals surface area contributed by atoms with Gasteiger partial charge in [0.1, 0.15) is 0 Å². The second kappa shape index (κ2) is 9.32. The van der Waals surface area contributed by atoms with Crippen LogP contribution in [-0.4, -0.2) is 48.6 Å². The Bertz CT molecular complexity index is 160. The van der Waals surface area contributed by atoms with Crippen molar-refractivity contribution in [2.75, 3.05) is 25.6 Å². The second-order valence-electron chi connectivity index (χ2n) is 4.74. The summed E-state index contributed by atoms with van der Waals surface area (Å²) in [7, 11) is 2.24. The van der Waals surface area contributed by atoms with Gasteiger partial charge in [0, 0.05) is 30.4 Å². The highest BCUT2D eigenvalue weighted by Gasteiger charge is 2.15. The molecule has 0 aromatic rings. The van der Waals surface area contributed by atoms with Gasteiger partial charge in [-0.3, -0.25) is 4.90 Å². The first-order valence-corrected chi connectivity index (χ1v) is 7.90. The minimum Gasteiger partial charge on any atom is -0.312 e. The molecule has 0 fully saturated rings. The average Bonchev–Trinajstić information content (AvgIpc) is 2.29. The number of nitrogens with zero attached hydrogens (tertiary/aromatic N) is 1. The number of rotatable bonds is 9. The number of nitrogens with one attached hydrogen (secondary N) is 1. The molecule has 0 bridgehead atoms. The van der Waals surface area contributed by atoms with Gasteiger partial charge < -0.3 is 5.32 Å². The lowest BCUT2D eigenvalue weighted by Crippen LogP contribution is -2.45.